The molecular formula is C9H20N6. The third-order valence-corrected chi connectivity index (χ3v) is 2.34. The minimum atomic E-state index is 0.204. The highest BCUT2D eigenvalue weighted by Gasteiger charge is 2.13. The Morgan fingerprint density at radius 2 is 2.27 bits per heavy atom. The van der Waals surface area contributed by atoms with Gasteiger partial charge in [0.25, 0.3) is 0 Å². The summed E-state index contributed by atoms with van der Waals surface area (Å²) in [4.78, 5) is 2.27. The van der Waals surface area contributed by atoms with Crippen LogP contribution in [-0.2, 0) is 0 Å². The lowest BCUT2D eigenvalue weighted by atomic mass is 10.4. The van der Waals surface area contributed by atoms with E-state index < -0.39 is 0 Å². The van der Waals surface area contributed by atoms with Crippen molar-refractivity contribution in [3.8, 4) is 0 Å². The maximum Gasteiger partial charge on any atom is 0.148 e. The third kappa shape index (κ3) is 3.41. The minimum Gasteiger partial charge on any atom is -0.382 e. The average molecular weight is 212 g/mol. The van der Waals surface area contributed by atoms with Gasteiger partial charge in [-0.1, -0.05) is 13.8 Å². The van der Waals surface area contributed by atoms with Crippen molar-refractivity contribution in [3.05, 3.63) is 12.3 Å². The first-order valence-corrected chi connectivity index (χ1v) is 5.24. The van der Waals surface area contributed by atoms with E-state index in [1.165, 1.54) is 5.23 Å². The van der Waals surface area contributed by atoms with E-state index in [4.69, 9.17) is 5.73 Å². The summed E-state index contributed by atoms with van der Waals surface area (Å²) >= 11 is 0. The van der Waals surface area contributed by atoms with Gasteiger partial charge in [-0.2, -0.15) is 5.43 Å². The summed E-state index contributed by atoms with van der Waals surface area (Å²) < 4.78 is 0. The number of nitrogens with one attached hydrogen (secondary N) is 2. The Bertz CT molecular complexity index is 245. The van der Waals surface area contributed by atoms with Crippen LogP contribution >= 0.6 is 0 Å². The van der Waals surface area contributed by atoms with Gasteiger partial charge in [-0.15, -0.1) is 10.3 Å². The fraction of sp³-hybridized carbons (Fsp3) is 0.667. The van der Waals surface area contributed by atoms with Crippen molar-refractivity contribution in [3.63, 3.8) is 0 Å². The lowest BCUT2D eigenvalue weighted by molar-refractivity contribution is 0.0540. The Hall–Kier alpha value is -1.27. The molecule has 4 N–H and O–H groups in total. The van der Waals surface area contributed by atoms with Gasteiger partial charge in [-0.3, -0.25) is 10.3 Å². The Morgan fingerprint density at radius 3 is 2.80 bits per heavy atom. The van der Waals surface area contributed by atoms with Gasteiger partial charge in [0.2, 0.25) is 0 Å². The molecule has 1 atom stereocenters. The summed E-state index contributed by atoms with van der Waals surface area (Å²) in [6.45, 7) is 8.32. The molecule has 0 aromatic carbocycles. The molecule has 0 saturated heterocycles. The molecule has 86 valence electrons. The van der Waals surface area contributed by atoms with E-state index in [0.717, 1.165) is 13.1 Å². The maximum absolute atomic E-state index is 5.57. The summed E-state index contributed by atoms with van der Waals surface area (Å²) in [5, 5.41) is 5.59. The molecule has 6 nitrogen and oxygen atoms in total. The molecule has 0 aromatic rings. The van der Waals surface area contributed by atoms with Crippen LogP contribution < -0.4 is 16.6 Å². The van der Waals surface area contributed by atoms with Crippen molar-refractivity contribution in [2.24, 2.45) is 10.8 Å². The molecule has 1 rings (SSSR count). The standard InChI is InChI=1S/C9H20N6/c1-4-14(5-2)8(3)12-15-11-7-6-9(10)13-15/h6-8,11-12H,4-5H2,1-3H3,(H2,10,13). The van der Waals surface area contributed by atoms with Crippen LogP contribution in [0, 0.1) is 0 Å². The predicted octanol–water partition coefficient (Wildman–Crippen LogP) is -0.215. The fourth-order valence-electron chi connectivity index (χ4n) is 1.47. The zero-order valence-electron chi connectivity index (χ0n) is 9.57. The van der Waals surface area contributed by atoms with Crippen LogP contribution in [0.4, 0.5) is 0 Å². The number of rotatable bonds is 5. The second kappa shape index (κ2) is 5.57. The van der Waals surface area contributed by atoms with E-state index >= 15 is 0 Å². The molecule has 0 amide bonds. The van der Waals surface area contributed by atoms with Gasteiger partial charge in [-0.05, 0) is 26.1 Å². The first-order chi connectivity index (χ1) is 7.17. The summed E-state index contributed by atoms with van der Waals surface area (Å²) in [5.74, 6) is 0.480. The highest BCUT2D eigenvalue weighted by atomic mass is 15.9. The van der Waals surface area contributed by atoms with Crippen LogP contribution in [0.3, 0.4) is 0 Å². The molecule has 0 radical (unpaired) electrons. The van der Waals surface area contributed by atoms with Gasteiger partial charge >= 0.3 is 0 Å². The summed E-state index contributed by atoms with van der Waals surface area (Å²) in [5.41, 5.74) is 11.7. The van der Waals surface area contributed by atoms with Crippen LogP contribution in [-0.4, -0.2) is 35.2 Å². The zero-order chi connectivity index (χ0) is 11.3. The number of nitrogens with two attached hydrogens (primary N) is 1. The minimum absolute atomic E-state index is 0.204. The van der Waals surface area contributed by atoms with Gasteiger partial charge in [0.1, 0.15) is 5.84 Å². The number of hydrazone groups is 1. The molecule has 0 aliphatic carbocycles. The molecule has 0 fully saturated rings. The summed E-state index contributed by atoms with van der Waals surface area (Å²) in [6, 6.07) is 0. The molecule has 0 aromatic heterocycles. The van der Waals surface area contributed by atoms with Crippen LogP contribution in [0.2, 0.25) is 0 Å². The Kier molecular flexibility index (Phi) is 4.38. The first-order valence-electron chi connectivity index (χ1n) is 5.24. The highest BCUT2D eigenvalue weighted by Crippen LogP contribution is 1.97. The van der Waals surface area contributed by atoms with Crippen LogP contribution in [0.25, 0.3) is 0 Å². The van der Waals surface area contributed by atoms with Crippen molar-refractivity contribution in [2.75, 3.05) is 13.1 Å². The number of hydrogen-bond donors (Lipinski definition) is 3. The molecule has 1 aliphatic heterocycles. The van der Waals surface area contributed by atoms with Gasteiger partial charge < -0.3 is 5.73 Å². The number of hydrogen-bond acceptors (Lipinski definition) is 6. The Balaban J connectivity index is 2.44. The molecule has 1 heterocycles. The Morgan fingerprint density at radius 1 is 1.60 bits per heavy atom. The first kappa shape index (κ1) is 11.8. The third-order valence-electron chi connectivity index (χ3n) is 2.34. The quantitative estimate of drug-likeness (QED) is 0.550. The van der Waals surface area contributed by atoms with E-state index in [9.17, 15) is 0 Å². The Labute approximate surface area is 90.7 Å². The maximum atomic E-state index is 5.57. The van der Waals surface area contributed by atoms with E-state index in [1.807, 2.05) is 0 Å². The molecule has 6 heteroatoms. The fourth-order valence-corrected chi connectivity index (χ4v) is 1.47. The SMILES string of the molecule is CCN(CC)C(C)NN1N=C(N)C=CN1. The lowest BCUT2D eigenvalue weighted by Crippen LogP contribution is -2.54. The van der Waals surface area contributed by atoms with Gasteiger partial charge in [0.15, 0.2) is 0 Å². The van der Waals surface area contributed by atoms with Gasteiger partial charge in [0, 0.05) is 6.20 Å². The number of hydrazine groups is 2. The number of nitrogens with zero attached hydrogens (tertiary/aromatic N) is 3. The second-order valence-corrected chi connectivity index (χ2v) is 3.33. The molecule has 15 heavy (non-hydrogen) atoms. The molecule has 1 aliphatic rings. The van der Waals surface area contributed by atoms with Crippen LogP contribution in [0.15, 0.2) is 17.4 Å². The molecule has 0 saturated carbocycles. The second-order valence-electron chi connectivity index (χ2n) is 3.33. The normalized spacial score (nSPS) is 17.6. The van der Waals surface area contributed by atoms with Crippen molar-refractivity contribution in [1.29, 1.82) is 0 Å². The van der Waals surface area contributed by atoms with Crippen molar-refractivity contribution in [1.82, 2.24) is 21.0 Å². The number of amidine groups is 1. The van der Waals surface area contributed by atoms with E-state index in [-0.39, 0.29) is 6.17 Å². The van der Waals surface area contributed by atoms with Gasteiger partial charge in [0.05, 0.1) is 6.17 Å². The van der Waals surface area contributed by atoms with Crippen LogP contribution in [0.1, 0.15) is 20.8 Å². The van der Waals surface area contributed by atoms with Crippen molar-refractivity contribution in [2.45, 2.75) is 26.9 Å². The molecular weight excluding hydrogens is 192 g/mol. The van der Waals surface area contributed by atoms with Crippen molar-refractivity contribution < 1.29 is 0 Å². The van der Waals surface area contributed by atoms with E-state index in [1.54, 1.807) is 12.3 Å². The van der Waals surface area contributed by atoms with Crippen LogP contribution in [0.5, 0.6) is 0 Å². The topological polar surface area (TPSA) is 68.9 Å². The largest absolute Gasteiger partial charge is 0.382 e. The lowest BCUT2D eigenvalue weighted by Gasteiger charge is -2.32. The van der Waals surface area contributed by atoms with Gasteiger partial charge in [-0.25, -0.2) is 0 Å². The predicted molar refractivity (Wildman–Crippen MR) is 61.3 cm³/mol. The average Bonchev–Trinajstić information content (AvgIpc) is 2.19. The van der Waals surface area contributed by atoms with E-state index in [2.05, 4.69) is 41.6 Å². The van der Waals surface area contributed by atoms with Crippen molar-refractivity contribution >= 4 is 5.84 Å². The highest BCUT2D eigenvalue weighted by molar-refractivity contribution is 5.91. The molecule has 0 bridgehead atoms. The monoisotopic (exact) mass is 212 g/mol. The summed E-state index contributed by atoms with van der Waals surface area (Å²) in [6.07, 6.45) is 3.65. The molecule has 0 spiro atoms. The molecule has 1 unspecified atom stereocenters. The smallest absolute Gasteiger partial charge is 0.148 e. The van der Waals surface area contributed by atoms with E-state index in [0.29, 0.717) is 5.84 Å². The zero-order valence-corrected chi connectivity index (χ0v) is 9.57. The summed E-state index contributed by atoms with van der Waals surface area (Å²) in [7, 11) is 0.